The smallest absolute Gasteiger partial charge is 0.0704 e. The largest absolute Gasteiger partial charge is 0.314 e. The highest BCUT2D eigenvalue weighted by atomic mass is 14.9. The van der Waals surface area contributed by atoms with Crippen LogP contribution in [0, 0.1) is 5.92 Å². The van der Waals surface area contributed by atoms with Crippen LogP contribution in [0.2, 0.25) is 0 Å². The van der Waals surface area contributed by atoms with Crippen molar-refractivity contribution in [3.8, 4) is 0 Å². The summed E-state index contributed by atoms with van der Waals surface area (Å²) in [7, 11) is 0. The van der Waals surface area contributed by atoms with Gasteiger partial charge in [0.15, 0.2) is 0 Å². The topological polar surface area (TPSA) is 24.9 Å². The number of pyridine rings is 1. The fourth-order valence-electron chi connectivity index (χ4n) is 3.59. The van der Waals surface area contributed by atoms with Gasteiger partial charge in [0.25, 0.3) is 0 Å². The van der Waals surface area contributed by atoms with Crippen LogP contribution in [0.4, 0.5) is 0 Å². The molecule has 2 unspecified atom stereocenters. The van der Waals surface area contributed by atoms with Crippen molar-refractivity contribution in [1.82, 2.24) is 10.3 Å². The lowest BCUT2D eigenvalue weighted by Crippen LogP contribution is -2.33. The van der Waals surface area contributed by atoms with E-state index in [2.05, 4.69) is 48.4 Å². The maximum absolute atomic E-state index is 4.52. The zero-order chi connectivity index (χ0) is 14.7. The van der Waals surface area contributed by atoms with Crippen molar-refractivity contribution in [3.05, 3.63) is 42.1 Å². The molecular weight excluding hydrogens is 256 g/mol. The Morgan fingerprint density at radius 2 is 2.05 bits per heavy atom. The van der Waals surface area contributed by atoms with E-state index >= 15 is 0 Å². The Morgan fingerprint density at radius 1 is 1.19 bits per heavy atom. The van der Waals surface area contributed by atoms with E-state index in [0.717, 1.165) is 18.0 Å². The van der Waals surface area contributed by atoms with Crippen LogP contribution in [-0.2, 0) is 0 Å². The molecule has 3 rings (SSSR count). The predicted molar refractivity (Wildman–Crippen MR) is 89.6 cm³/mol. The van der Waals surface area contributed by atoms with Crippen molar-refractivity contribution in [2.75, 3.05) is 6.54 Å². The number of hydrogen-bond acceptors (Lipinski definition) is 2. The van der Waals surface area contributed by atoms with Crippen LogP contribution >= 0.6 is 0 Å². The van der Waals surface area contributed by atoms with E-state index in [1.165, 1.54) is 36.6 Å². The lowest BCUT2D eigenvalue weighted by molar-refractivity contribution is 0.289. The summed E-state index contributed by atoms with van der Waals surface area (Å²) in [4.78, 5) is 4.52. The number of nitrogens with zero attached hydrogens (tertiary/aromatic N) is 1. The quantitative estimate of drug-likeness (QED) is 0.892. The first-order valence-electron chi connectivity index (χ1n) is 8.32. The minimum atomic E-state index is 0.575. The summed E-state index contributed by atoms with van der Waals surface area (Å²) in [6.07, 6.45) is 7.31. The number of fused-ring (bicyclic) bond motifs is 1. The molecule has 112 valence electrons. The van der Waals surface area contributed by atoms with Crippen molar-refractivity contribution in [3.63, 3.8) is 0 Å². The molecule has 1 aromatic heterocycles. The summed E-state index contributed by atoms with van der Waals surface area (Å²) in [5, 5.41) is 4.88. The second-order valence-corrected chi connectivity index (χ2v) is 6.67. The minimum Gasteiger partial charge on any atom is -0.314 e. The molecule has 2 nitrogen and oxygen atoms in total. The van der Waals surface area contributed by atoms with Crippen LogP contribution < -0.4 is 5.32 Å². The summed E-state index contributed by atoms with van der Waals surface area (Å²) < 4.78 is 0. The van der Waals surface area contributed by atoms with Gasteiger partial charge in [-0.1, -0.05) is 44.9 Å². The monoisotopic (exact) mass is 282 g/mol. The SMILES string of the molecule is CC(C)NCC1CCCCC1c1ccc2cccnc2c1. The zero-order valence-corrected chi connectivity index (χ0v) is 13.2. The average Bonchev–Trinajstić information content (AvgIpc) is 2.52. The highest BCUT2D eigenvalue weighted by molar-refractivity contribution is 5.79. The first-order chi connectivity index (χ1) is 10.2. The maximum Gasteiger partial charge on any atom is 0.0704 e. The van der Waals surface area contributed by atoms with Crippen LogP contribution in [0.5, 0.6) is 0 Å². The Labute approximate surface area is 128 Å². The van der Waals surface area contributed by atoms with Crippen molar-refractivity contribution in [2.45, 2.75) is 51.5 Å². The molecule has 0 saturated heterocycles. The molecule has 0 radical (unpaired) electrons. The van der Waals surface area contributed by atoms with E-state index < -0.39 is 0 Å². The van der Waals surface area contributed by atoms with Crippen molar-refractivity contribution in [2.24, 2.45) is 5.92 Å². The molecule has 1 aliphatic rings. The minimum absolute atomic E-state index is 0.575. The lowest BCUT2D eigenvalue weighted by atomic mass is 9.75. The van der Waals surface area contributed by atoms with Crippen molar-refractivity contribution >= 4 is 10.9 Å². The Bertz CT molecular complexity index is 591. The van der Waals surface area contributed by atoms with Gasteiger partial charge in [-0.05, 0) is 48.9 Å². The summed E-state index contributed by atoms with van der Waals surface area (Å²) in [6.45, 7) is 5.61. The Morgan fingerprint density at radius 3 is 2.90 bits per heavy atom. The number of benzene rings is 1. The van der Waals surface area contributed by atoms with Crippen molar-refractivity contribution in [1.29, 1.82) is 0 Å². The molecule has 0 bridgehead atoms. The summed E-state index contributed by atoms with van der Waals surface area (Å²) in [6, 6.07) is 11.6. The van der Waals surface area contributed by atoms with Gasteiger partial charge in [-0.15, -0.1) is 0 Å². The number of aromatic nitrogens is 1. The molecule has 0 spiro atoms. The average molecular weight is 282 g/mol. The van der Waals surface area contributed by atoms with Gasteiger partial charge in [0.2, 0.25) is 0 Å². The molecule has 2 aromatic rings. The summed E-state index contributed by atoms with van der Waals surface area (Å²) >= 11 is 0. The van der Waals surface area contributed by atoms with E-state index in [-0.39, 0.29) is 0 Å². The molecule has 1 aromatic carbocycles. The first kappa shape index (κ1) is 14.5. The summed E-state index contributed by atoms with van der Waals surface area (Å²) in [5.41, 5.74) is 2.62. The van der Waals surface area contributed by atoms with Gasteiger partial charge in [0.05, 0.1) is 5.52 Å². The molecule has 2 heteroatoms. The zero-order valence-electron chi connectivity index (χ0n) is 13.2. The van der Waals surface area contributed by atoms with Crippen molar-refractivity contribution < 1.29 is 0 Å². The standard InChI is InChI=1S/C19H26N2/c1-14(2)21-13-17-6-3-4-8-18(17)16-10-9-15-7-5-11-20-19(15)12-16/h5,7,9-12,14,17-18,21H,3-4,6,8,13H2,1-2H3. The Hall–Kier alpha value is -1.41. The summed E-state index contributed by atoms with van der Waals surface area (Å²) in [5.74, 6) is 1.46. The lowest BCUT2D eigenvalue weighted by Gasteiger charge is -2.33. The van der Waals surface area contributed by atoms with Gasteiger partial charge >= 0.3 is 0 Å². The van der Waals surface area contributed by atoms with Crippen LogP contribution in [-0.4, -0.2) is 17.6 Å². The second-order valence-electron chi connectivity index (χ2n) is 6.67. The fourth-order valence-corrected chi connectivity index (χ4v) is 3.59. The Balaban J connectivity index is 1.83. The molecule has 0 aliphatic heterocycles. The molecule has 0 amide bonds. The molecule has 1 N–H and O–H groups in total. The van der Waals surface area contributed by atoms with Gasteiger partial charge < -0.3 is 5.32 Å². The van der Waals surface area contributed by atoms with Crippen LogP contribution in [0.1, 0.15) is 51.0 Å². The highest BCUT2D eigenvalue weighted by Gasteiger charge is 2.26. The molecule has 1 heterocycles. The maximum atomic E-state index is 4.52. The molecule has 1 saturated carbocycles. The third kappa shape index (κ3) is 3.44. The van der Waals surface area contributed by atoms with Crippen LogP contribution in [0.15, 0.2) is 36.5 Å². The molecule has 1 fully saturated rings. The van der Waals surface area contributed by atoms with E-state index in [4.69, 9.17) is 0 Å². The second kappa shape index (κ2) is 6.57. The van der Waals surface area contributed by atoms with E-state index in [1.807, 2.05) is 12.3 Å². The first-order valence-corrected chi connectivity index (χ1v) is 8.32. The molecular formula is C19H26N2. The van der Waals surface area contributed by atoms with E-state index in [1.54, 1.807) is 0 Å². The van der Waals surface area contributed by atoms with Crippen LogP contribution in [0.3, 0.4) is 0 Å². The number of rotatable bonds is 4. The number of nitrogens with one attached hydrogen (secondary N) is 1. The van der Waals surface area contributed by atoms with Gasteiger partial charge in [-0.3, -0.25) is 4.98 Å². The molecule has 2 atom stereocenters. The number of hydrogen-bond donors (Lipinski definition) is 1. The highest BCUT2D eigenvalue weighted by Crippen LogP contribution is 2.38. The van der Waals surface area contributed by atoms with Gasteiger partial charge in [-0.2, -0.15) is 0 Å². The fraction of sp³-hybridized carbons (Fsp3) is 0.526. The van der Waals surface area contributed by atoms with Gasteiger partial charge in [0.1, 0.15) is 0 Å². The Kier molecular flexibility index (Phi) is 4.54. The van der Waals surface area contributed by atoms with Gasteiger partial charge in [0, 0.05) is 17.6 Å². The normalized spacial score (nSPS) is 22.8. The molecule has 21 heavy (non-hydrogen) atoms. The third-order valence-electron chi connectivity index (χ3n) is 4.76. The van der Waals surface area contributed by atoms with E-state index in [9.17, 15) is 0 Å². The van der Waals surface area contributed by atoms with E-state index in [0.29, 0.717) is 12.0 Å². The third-order valence-corrected chi connectivity index (χ3v) is 4.76. The van der Waals surface area contributed by atoms with Crippen LogP contribution in [0.25, 0.3) is 10.9 Å². The predicted octanol–water partition coefficient (Wildman–Crippen LogP) is 4.51. The molecule has 1 aliphatic carbocycles. The van der Waals surface area contributed by atoms with Gasteiger partial charge in [-0.25, -0.2) is 0 Å².